The summed E-state index contributed by atoms with van der Waals surface area (Å²) >= 11 is 5.69. The molecule has 0 aliphatic carbocycles. The molecule has 1 rings (SSSR count). The van der Waals surface area contributed by atoms with Crippen LogP contribution < -0.4 is 5.32 Å². The van der Waals surface area contributed by atoms with Crippen molar-refractivity contribution in [1.82, 2.24) is 5.32 Å². The molecule has 15 heavy (non-hydrogen) atoms. The van der Waals surface area contributed by atoms with E-state index in [9.17, 15) is 9.90 Å². The lowest BCUT2D eigenvalue weighted by atomic mass is 10.1. The number of amides is 1. The number of halogens is 1. The molecule has 0 radical (unpaired) electrons. The zero-order valence-electron chi connectivity index (χ0n) is 8.53. The lowest BCUT2D eigenvalue weighted by molar-refractivity contribution is -0.120. The Morgan fingerprint density at radius 1 is 1.53 bits per heavy atom. The van der Waals surface area contributed by atoms with Gasteiger partial charge in [-0.2, -0.15) is 0 Å². The number of nitrogens with one attached hydrogen (secondary N) is 1. The Labute approximate surface area is 94.1 Å². The van der Waals surface area contributed by atoms with Crippen LogP contribution in [-0.4, -0.2) is 22.9 Å². The molecule has 4 heteroatoms. The highest BCUT2D eigenvalue weighted by Crippen LogP contribution is 2.15. The second kappa shape index (κ2) is 5.61. The molecule has 0 aliphatic heterocycles. The first-order valence-electron chi connectivity index (χ1n) is 4.77. The number of phenolic OH excluding ortho intramolecular Hbond substituents is 1. The topological polar surface area (TPSA) is 49.3 Å². The van der Waals surface area contributed by atoms with Crippen molar-refractivity contribution in [2.75, 3.05) is 6.54 Å². The van der Waals surface area contributed by atoms with Gasteiger partial charge in [0, 0.05) is 17.5 Å². The SMILES string of the molecule is CC(Cl)CNC(=O)Cc1ccccc1O. The molecule has 0 spiro atoms. The fraction of sp³-hybridized carbons (Fsp3) is 0.364. The Balaban J connectivity index is 2.48. The molecule has 1 unspecified atom stereocenters. The van der Waals surface area contributed by atoms with Gasteiger partial charge in [-0.3, -0.25) is 4.79 Å². The molecule has 0 saturated heterocycles. The minimum atomic E-state index is -0.135. The van der Waals surface area contributed by atoms with Crippen LogP contribution in [0.3, 0.4) is 0 Å². The molecule has 0 heterocycles. The van der Waals surface area contributed by atoms with Crippen molar-refractivity contribution in [2.45, 2.75) is 18.7 Å². The molecule has 2 N–H and O–H groups in total. The molecular weight excluding hydrogens is 214 g/mol. The predicted octanol–water partition coefficient (Wildman–Crippen LogP) is 1.68. The highest BCUT2D eigenvalue weighted by atomic mass is 35.5. The summed E-state index contributed by atoms with van der Waals surface area (Å²) in [6.07, 6.45) is 0.177. The van der Waals surface area contributed by atoms with Gasteiger partial charge in [-0.25, -0.2) is 0 Å². The standard InChI is InChI=1S/C11H14ClNO2/c1-8(12)7-13-11(15)6-9-4-2-3-5-10(9)14/h2-5,8,14H,6-7H2,1H3,(H,13,15). The molecule has 1 aromatic rings. The monoisotopic (exact) mass is 227 g/mol. The Bertz CT molecular complexity index is 339. The second-order valence-corrected chi connectivity index (χ2v) is 4.14. The van der Waals surface area contributed by atoms with Gasteiger partial charge in [-0.1, -0.05) is 18.2 Å². The summed E-state index contributed by atoms with van der Waals surface area (Å²) in [5.41, 5.74) is 0.622. The smallest absolute Gasteiger partial charge is 0.224 e. The first-order chi connectivity index (χ1) is 7.09. The summed E-state index contributed by atoms with van der Waals surface area (Å²) in [4.78, 5) is 11.4. The number of phenols is 1. The predicted molar refractivity (Wildman–Crippen MR) is 60.1 cm³/mol. The van der Waals surface area contributed by atoms with Crippen molar-refractivity contribution in [1.29, 1.82) is 0 Å². The zero-order chi connectivity index (χ0) is 11.3. The van der Waals surface area contributed by atoms with E-state index < -0.39 is 0 Å². The van der Waals surface area contributed by atoms with Crippen molar-refractivity contribution in [3.05, 3.63) is 29.8 Å². The quantitative estimate of drug-likeness (QED) is 0.769. The number of para-hydroxylation sites is 1. The molecule has 1 amide bonds. The molecular formula is C11H14ClNO2. The minimum absolute atomic E-state index is 0.0849. The number of carbonyl (C=O) groups excluding carboxylic acids is 1. The van der Waals surface area contributed by atoms with Gasteiger partial charge < -0.3 is 10.4 Å². The Hall–Kier alpha value is -1.22. The van der Waals surface area contributed by atoms with Crippen LogP contribution in [0.15, 0.2) is 24.3 Å². The molecule has 1 aromatic carbocycles. The summed E-state index contributed by atoms with van der Waals surface area (Å²) in [5.74, 6) is 0.00979. The maximum atomic E-state index is 11.4. The van der Waals surface area contributed by atoms with Crippen molar-refractivity contribution in [3.8, 4) is 5.75 Å². The third-order valence-corrected chi connectivity index (χ3v) is 2.08. The number of carbonyl (C=O) groups is 1. The third kappa shape index (κ3) is 4.21. The summed E-state index contributed by atoms with van der Waals surface area (Å²) in [5, 5.41) is 12.0. The third-order valence-electron chi connectivity index (χ3n) is 1.92. The first-order valence-corrected chi connectivity index (χ1v) is 5.21. The van der Waals surface area contributed by atoms with Gasteiger partial charge in [-0.15, -0.1) is 11.6 Å². The summed E-state index contributed by atoms with van der Waals surface area (Å²) in [6, 6.07) is 6.79. The minimum Gasteiger partial charge on any atom is -0.508 e. The van der Waals surface area contributed by atoms with Crippen LogP contribution in [0, 0.1) is 0 Å². The number of hydrogen-bond acceptors (Lipinski definition) is 2. The molecule has 0 aliphatic rings. The van der Waals surface area contributed by atoms with E-state index >= 15 is 0 Å². The van der Waals surface area contributed by atoms with E-state index in [1.54, 1.807) is 24.3 Å². The molecule has 1 atom stereocenters. The van der Waals surface area contributed by atoms with Gasteiger partial charge in [0.2, 0.25) is 5.91 Å². The number of benzene rings is 1. The lowest BCUT2D eigenvalue weighted by Crippen LogP contribution is -2.29. The van der Waals surface area contributed by atoms with Crippen LogP contribution in [0.25, 0.3) is 0 Å². The molecule has 0 saturated carbocycles. The Morgan fingerprint density at radius 2 is 2.20 bits per heavy atom. The van der Waals surface area contributed by atoms with E-state index in [2.05, 4.69) is 5.32 Å². The Kier molecular flexibility index (Phi) is 4.43. The van der Waals surface area contributed by atoms with Crippen molar-refractivity contribution < 1.29 is 9.90 Å². The van der Waals surface area contributed by atoms with Gasteiger partial charge in [0.25, 0.3) is 0 Å². The van der Waals surface area contributed by atoms with E-state index in [0.29, 0.717) is 12.1 Å². The molecule has 3 nitrogen and oxygen atoms in total. The van der Waals surface area contributed by atoms with Gasteiger partial charge in [-0.05, 0) is 13.0 Å². The maximum Gasteiger partial charge on any atom is 0.224 e. The average molecular weight is 228 g/mol. The van der Waals surface area contributed by atoms with Gasteiger partial charge in [0.05, 0.1) is 6.42 Å². The van der Waals surface area contributed by atoms with Crippen molar-refractivity contribution in [3.63, 3.8) is 0 Å². The molecule has 0 bridgehead atoms. The highest BCUT2D eigenvalue weighted by molar-refractivity contribution is 6.20. The lowest BCUT2D eigenvalue weighted by Gasteiger charge is -2.07. The van der Waals surface area contributed by atoms with Gasteiger partial charge in [0.15, 0.2) is 0 Å². The van der Waals surface area contributed by atoms with Gasteiger partial charge in [0.1, 0.15) is 5.75 Å². The molecule has 82 valence electrons. The summed E-state index contributed by atoms with van der Waals surface area (Å²) in [6.45, 7) is 2.25. The highest BCUT2D eigenvalue weighted by Gasteiger charge is 2.07. The van der Waals surface area contributed by atoms with Gasteiger partial charge >= 0.3 is 0 Å². The van der Waals surface area contributed by atoms with Crippen LogP contribution in [-0.2, 0) is 11.2 Å². The van der Waals surface area contributed by atoms with E-state index in [1.807, 2.05) is 6.92 Å². The van der Waals surface area contributed by atoms with E-state index in [0.717, 1.165) is 0 Å². The van der Waals surface area contributed by atoms with E-state index in [-0.39, 0.29) is 23.5 Å². The number of alkyl halides is 1. The van der Waals surface area contributed by atoms with Crippen LogP contribution in [0.1, 0.15) is 12.5 Å². The van der Waals surface area contributed by atoms with Crippen molar-refractivity contribution in [2.24, 2.45) is 0 Å². The van der Waals surface area contributed by atoms with E-state index in [1.165, 1.54) is 0 Å². The zero-order valence-corrected chi connectivity index (χ0v) is 9.29. The molecule has 0 fully saturated rings. The fourth-order valence-corrected chi connectivity index (χ4v) is 1.23. The number of aromatic hydroxyl groups is 1. The largest absolute Gasteiger partial charge is 0.508 e. The summed E-state index contributed by atoms with van der Waals surface area (Å²) < 4.78 is 0. The maximum absolute atomic E-state index is 11.4. The van der Waals surface area contributed by atoms with E-state index in [4.69, 9.17) is 11.6 Å². The number of hydrogen-bond donors (Lipinski definition) is 2. The fourth-order valence-electron chi connectivity index (χ4n) is 1.15. The number of rotatable bonds is 4. The Morgan fingerprint density at radius 3 is 2.80 bits per heavy atom. The van der Waals surface area contributed by atoms with Crippen molar-refractivity contribution >= 4 is 17.5 Å². The average Bonchev–Trinajstić information content (AvgIpc) is 2.18. The van der Waals surface area contributed by atoms with Crippen LogP contribution in [0.5, 0.6) is 5.75 Å². The first kappa shape index (κ1) is 11.9. The molecule has 0 aromatic heterocycles. The summed E-state index contributed by atoms with van der Waals surface area (Å²) in [7, 11) is 0. The van der Waals surface area contributed by atoms with Crippen LogP contribution in [0.4, 0.5) is 0 Å². The van der Waals surface area contributed by atoms with Crippen LogP contribution in [0.2, 0.25) is 0 Å². The normalized spacial score (nSPS) is 12.1. The van der Waals surface area contributed by atoms with Crippen LogP contribution >= 0.6 is 11.6 Å². The second-order valence-electron chi connectivity index (χ2n) is 3.39.